The monoisotopic (exact) mass is 198 g/mol. The number of nitrogens with zero attached hydrogens (tertiary/aromatic N) is 1. The van der Waals surface area contributed by atoms with Crippen molar-refractivity contribution in [3.05, 3.63) is 0 Å². The van der Waals surface area contributed by atoms with E-state index < -0.39 is 0 Å². The van der Waals surface area contributed by atoms with E-state index in [0.717, 1.165) is 32.2 Å². The molecule has 0 saturated carbocycles. The second kappa shape index (κ2) is 5.35. The average molecular weight is 198 g/mol. The van der Waals surface area contributed by atoms with Crippen molar-refractivity contribution in [2.75, 3.05) is 6.54 Å². The molecule has 2 unspecified atom stereocenters. The van der Waals surface area contributed by atoms with Gasteiger partial charge in [-0.15, -0.1) is 0 Å². The second-order valence-corrected chi connectivity index (χ2v) is 4.10. The highest BCUT2D eigenvalue weighted by molar-refractivity contribution is 5.81. The molecule has 82 valence electrons. The Morgan fingerprint density at radius 1 is 1.50 bits per heavy atom. The van der Waals surface area contributed by atoms with E-state index in [1.54, 1.807) is 0 Å². The maximum atomic E-state index is 11.9. The summed E-state index contributed by atoms with van der Waals surface area (Å²) in [4.78, 5) is 13.9. The Hall–Kier alpha value is -0.570. The second-order valence-electron chi connectivity index (χ2n) is 4.10. The summed E-state index contributed by atoms with van der Waals surface area (Å²) < 4.78 is 0. The first-order valence-corrected chi connectivity index (χ1v) is 5.76. The minimum Gasteiger partial charge on any atom is -0.338 e. The molecule has 1 saturated heterocycles. The molecule has 0 bridgehead atoms. The van der Waals surface area contributed by atoms with Crippen molar-refractivity contribution in [3.63, 3.8) is 0 Å². The normalized spacial score (nSPS) is 24.8. The Bertz CT molecular complexity index is 194. The van der Waals surface area contributed by atoms with Crippen molar-refractivity contribution in [2.24, 2.45) is 5.73 Å². The molecule has 1 aliphatic heterocycles. The fraction of sp³-hybridized carbons (Fsp3) is 0.909. The molecule has 0 aromatic carbocycles. The molecule has 0 aromatic heterocycles. The number of rotatable bonds is 3. The quantitative estimate of drug-likeness (QED) is 0.747. The third-order valence-electron chi connectivity index (χ3n) is 3.14. The zero-order chi connectivity index (χ0) is 10.6. The summed E-state index contributed by atoms with van der Waals surface area (Å²) in [6.07, 6.45) is 5.34. The van der Waals surface area contributed by atoms with E-state index in [1.165, 1.54) is 6.42 Å². The van der Waals surface area contributed by atoms with Gasteiger partial charge in [0.25, 0.3) is 0 Å². The summed E-state index contributed by atoms with van der Waals surface area (Å²) in [6.45, 7) is 5.02. The number of hydrogen-bond acceptors (Lipinski definition) is 2. The Morgan fingerprint density at radius 2 is 2.21 bits per heavy atom. The van der Waals surface area contributed by atoms with E-state index in [2.05, 4.69) is 6.92 Å². The molecular formula is C11H22N2O. The Kier molecular flexibility index (Phi) is 4.39. The zero-order valence-electron chi connectivity index (χ0n) is 9.33. The molecule has 1 rings (SSSR count). The van der Waals surface area contributed by atoms with Crippen LogP contribution in [-0.2, 0) is 4.79 Å². The fourth-order valence-electron chi connectivity index (χ4n) is 2.10. The van der Waals surface area contributed by atoms with Crippen LogP contribution >= 0.6 is 0 Å². The van der Waals surface area contributed by atoms with Gasteiger partial charge in [0.15, 0.2) is 0 Å². The summed E-state index contributed by atoms with van der Waals surface area (Å²) in [5.41, 5.74) is 5.77. The summed E-state index contributed by atoms with van der Waals surface area (Å²) in [6, 6.07) is 0.149. The highest BCUT2D eigenvalue weighted by Gasteiger charge is 2.27. The molecule has 3 nitrogen and oxygen atoms in total. The number of nitrogens with two attached hydrogens (primary N) is 1. The lowest BCUT2D eigenvalue weighted by atomic mass is 9.99. The van der Waals surface area contributed by atoms with Crippen molar-refractivity contribution in [1.82, 2.24) is 4.90 Å². The molecule has 0 aliphatic carbocycles. The standard InChI is InChI=1S/C11H22N2O/c1-3-9-7-5-6-8-13(9)11(14)10(12)4-2/h9-10H,3-8,12H2,1-2H3. The predicted molar refractivity (Wildman–Crippen MR) is 57.9 cm³/mol. The van der Waals surface area contributed by atoms with E-state index >= 15 is 0 Å². The lowest BCUT2D eigenvalue weighted by Crippen LogP contribution is -2.50. The minimum absolute atomic E-state index is 0.152. The molecule has 0 spiro atoms. The highest BCUT2D eigenvalue weighted by atomic mass is 16.2. The van der Waals surface area contributed by atoms with Gasteiger partial charge in [0.2, 0.25) is 5.91 Å². The van der Waals surface area contributed by atoms with Gasteiger partial charge >= 0.3 is 0 Å². The number of amides is 1. The lowest BCUT2D eigenvalue weighted by molar-refractivity contribution is -0.136. The van der Waals surface area contributed by atoms with Crippen LogP contribution in [0.15, 0.2) is 0 Å². The topological polar surface area (TPSA) is 46.3 Å². The van der Waals surface area contributed by atoms with E-state index in [4.69, 9.17) is 5.73 Å². The van der Waals surface area contributed by atoms with Crippen LogP contribution in [0, 0.1) is 0 Å². The average Bonchev–Trinajstić information content (AvgIpc) is 2.26. The van der Waals surface area contributed by atoms with Crippen molar-refractivity contribution in [2.45, 2.75) is 58.0 Å². The molecule has 3 heteroatoms. The van der Waals surface area contributed by atoms with Crippen molar-refractivity contribution in [3.8, 4) is 0 Å². The van der Waals surface area contributed by atoms with Gasteiger partial charge in [-0.3, -0.25) is 4.79 Å². The largest absolute Gasteiger partial charge is 0.338 e. The SMILES string of the molecule is CCC(N)C(=O)N1CCCCC1CC. The molecule has 1 fully saturated rings. The van der Waals surface area contributed by atoms with Gasteiger partial charge in [0.1, 0.15) is 0 Å². The molecular weight excluding hydrogens is 176 g/mol. The van der Waals surface area contributed by atoms with Gasteiger partial charge in [-0.1, -0.05) is 13.8 Å². The molecule has 1 aliphatic rings. The maximum absolute atomic E-state index is 11.9. The van der Waals surface area contributed by atoms with Crippen molar-refractivity contribution < 1.29 is 4.79 Å². The highest BCUT2D eigenvalue weighted by Crippen LogP contribution is 2.20. The van der Waals surface area contributed by atoms with Gasteiger partial charge in [0.05, 0.1) is 6.04 Å². The molecule has 14 heavy (non-hydrogen) atoms. The number of carbonyl (C=O) groups is 1. The number of likely N-dealkylation sites (tertiary alicyclic amines) is 1. The first kappa shape index (κ1) is 11.5. The van der Waals surface area contributed by atoms with E-state index in [0.29, 0.717) is 6.04 Å². The van der Waals surface area contributed by atoms with Crippen LogP contribution < -0.4 is 5.73 Å². The Morgan fingerprint density at radius 3 is 2.79 bits per heavy atom. The maximum Gasteiger partial charge on any atom is 0.239 e. The smallest absolute Gasteiger partial charge is 0.239 e. The van der Waals surface area contributed by atoms with E-state index in [9.17, 15) is 4.79 Å². The fourth-order valence-corrected chi connectivity index (χ4v) is 2.10. The van der Waals surface area contributed by atoms with Gasteiger partial charge in [-0.25, -0.2) is 0 Å². The van der Waals surface area contributed by atoms with Gasteiger partial charge in [0, 0.05) is 12.6 Å². The molecule has 2 atom stereocenters. The summed E-state index contributed by atoms with van der Waals surface area (Å²) in [5.74, 6) is 0.152. The Balaban J connectivity index is 2.58. The Labute approximate surface area is 86.6 Å². The van der Waals surface area contributed by atoms with Crippen LogP contribution in [0.1, 0.15) is 46.0 Å². The first-order valence-electron chi connectivity index (χ1n) is 5.76. The van der Waals surface area contributed by atoms with Crippen LogP contribution in [0.25, 0.3) is 0 Å². The van der Waals surface area contributed by atoms with Crippen LogP contribution in [0.3, 0.4) is 0 Å². The van der Waals surface area contributed by atoms with E-state index in [1.807, 2.05) is 11.8 Å². The third-order valence-corrected chi connectivity index (χ3v) is 3.14. The zero-order valence-corrected chi connectivity index (χ0v) is 9.33. The van der Waals surface area contributed by atoms with Crippen LogP contribution in [0.4, 0.5) is 0 Å². The summed E-state index contributed by atoms with van der Waals surface area (Å²) in [7, 11) is 0. The van der Waals surface area contributed by atoms with Crippen LogP contribution in [-0.4, -0.2) is 29.4 Å². The van der Waals surface area contributed by atoms with E-state index in [-0.39, 0.29) is 11.9 Å². The third kappa shape index (κ3) is 2.47. The minimum atomic E-state index is -0.290. The molecule has 0 radical (unpaired) electrons. The van der Waals surface area contributed by atoms with Crippen molar-refractivity contribution in [1.29, 1.82) is 0 Å². The predicted octanol–water partition coefficient (Wildman–Crippen LogP) is 1.51. The van der Waals surface area contributed by atoms with Gasteiger partial charge in [-0.2, -0.15) is 0 Å². The number of piperidine rings is 1. The molecule has 2 N–H and O–H groups in total. The first-order chi connectivity index (χ1) is 6.70. The molecule has 0 aromatic rings. The van der Waals surface area contributed by atoms with Crippen LogP contribution in [0.2, 0.25) is 0 Å². The van der Waals surface area contributed by atoms with Crippen LogP contribution in [0.5, 0.6) is 0 Å². The summed E-state index contributed by atoms with van der Waals surface area (Å²) in [5, 5.41) is 0. The lowest BCUT2D eigenvalue weighted by Gasteiger charge is -2.36. The van der Waals surface area contributed by atoms with Gasteiger partial charge in [-0.05, 0) is 32.1 Å². The molecule has 1 amide bonds. The summed E-state index contributed by atoms with van der Waals surface area (Å²) >= 11 is 0. The number of hydrogen-bond donors (Lipinski definition) is 1. The van der Waals surface area contributed by atoms with Gasteiger partial charge < -0.3 is 10.6 Å². The van der Waals surface area contributed by atoms with Crippen molar-refractivity contribution >= 4 is 5.91 Å². The number of carbonyl (C=O) groups excluding carboxylic acids is 1. The molecule has 1 heterocycles.